The molecule has 0 spiro atoms. The first-order chi connectivity index (χ1) is 21.8. The minimum atomic E-state index is -0.535. The van der Waals surface area contributed by atoms with Crippen LogP contribution in [0.25, 0.3) is 33.5 Å². The lowest BCUT2D eigenvalue weighted by Crippen LogP contribution is -1.88. The highest BCUT2D eigenvalue weighted by atomic mass is 16.6. The van der Waals surface area contributed by atoms with Gasteiger partial charge in [0, 0.05) is 69.6 Å². The van der Waals surface area contributed by atoms with Gasteiger partial charge in [0.05, 0.1) is 34.0 Å². The molecule has 6 aromatic rings. The van der Waals surface area contributed by atoms with Gasteiger partial charge in [0.15, 0.2) is 0 Å². The van der Waals surface area contributed by atoms with Gasteiger partial charge in [-0.15, -0.1) is 0 Å². The highest BCUT2D eigenvalue weighted by Gasteiger charge is 2.10. The third-order valence-electron chi connectivity index (χ3n) is 6.55. The number of carbonyl (C=O) groups excluding carboxylic acids is 1. The van der Waals surface area contributed by atoms with Crippen LogP contribution in [0.1, 0.15) is 27.0 Å². The molecule has 0 saturated carbocycles. The molecule has 0 bridgehead atoms. The quantitative estimate of drug-likeness (QED) is 0.0851. The summed E-state index contributed by atoms with van der Waals surface area (Å²) < 4.78 is 0. The van der Waals surface area contributed by atoms with E-state index in [-0.39, 0.29) is 11.4 Å². The van der Waals surface area contributed by atoms with Gasteiger partial charge in [-0.05, 0) is 29.3 Å². The van der Waals surface area contributed by atoms with Crippen LogP contribution in [0.3, 0.4) is 0 Å². The van der Waals surface area contributed by atoms with Gasteiger partial charge >= 0.3 is 0 Å². The maximum Gasteiger partial charge on any atom is 0.270 e. The molecule has 2 N–H and O–H groups in total. The third-order valence-corrected chi connectivity index (χ3v) is 6.55. The molecule has 0 aliphatic heterocycles. The van der Waals surface area contributed by atoms with E-state index in [1.54, 1.807) is 24.4 Å². The van der Waals surface area contributed by atoms with Gasteiger partial charge < -0.3 is 9.97 Å². The summed E-state index contributed by atoms with van der Waals surface area (Å²) >= 11 is 0. The molecule has 2 aromatic heterocycles. The lowest BCUT2D eigenvalue weighted by molar-refractivity contribution is -0.385. The average Bonchev–Trinajstić information content (AvgIpc) is 3.69. The van der Waals surface area contributed by atoms with Crippen molar-refractivity contribution in [1.82, 2.24) is 9.97 Å². The van der Waals surface area contributed by atoms with Gasteiger partial charge in [-0.25, -0.2) is 0 Å². The Hall–Kier alpha value is -6.85. The number of aldehydes is 1. The second-order valence-corrected chi connectivity index (χ2v) is 9.43. The maximum atomic E-state index is 10.8. The van der Waals surface area contributed by atoms with E-state index in [1.165, 1.54) is 36.4 Å². The lowest BCUT2D eigenvalue weighted by atomic mass is 10.0. The van der Waals surface area contributed by atoms with E-state index in [0.717, 1.165) is 32.9 Å². The molecule has 220 valence electrons. The molecule has 0 aliphatic carbocycles. The number of carbonyl (C=O) groups is 1. The molecule has 11 heteroatoms. The summed E-state index contributed by atoms with van der Waals surface area (Å²) in [7, 11) is 0. The lowest BCUT2D eigenvalue weighted by Gasteiger charge is -1.99. The fourth-order valence-electron chi connectivity index (χ4n) is 4.43. The normalized spacial score (nSPS) is 10.4. The van der Waals surface area contributed by atoms with E-state index in [1.807, 2.05) is 54.7 Å². The number of rotatable bonds is 6. The molecule has 6 rings (SSSR count). The standard InChI is InChI=1S/C17H11N3O2.C10H8N2.C7H5NO3/c18-10-13(8-12-4-3-5-14(9-12)20(21)22)16-11-19-17-7-2-1-6-15(16)17;11-6-5-8-7-12-10-4-2-1-3-9(8)10;9-5-6-2-1-3-7(4-6)8(10)11/h1-9,11,19H;1-4,7,12H,5H2;1-5H/b13-8+;;. The molecule has 0 aliphatic rings. The highest BCUT2D eigenvalue weighted by Crippen LogP contribution is 2.27. The molecule has 0 saturated heterocycles. The molecule has 0 atom stereocenters. The van der Waals surface area contributed by atoms with Crippen LogP contribution in [0.4, 0.5) is 11.4 Å². The van der Waals surface area contributed by atoms with Gasteiger partial charge in [0.2, 0.25) is 0 Å². The fourth-order valence-corrected chi connectivity index (χ4v) is 4.43. The topological polar surface area (TPSA) is 183 Å². The third kappa shape index (κ3) is 7.92. The molecule has 11 nitrogen and oxygen atoms in total. The van der Waals surface area contributed by atoms with Crippen LogP contribution in [0, 0.1) is 42.9 Å². The SMILES string of the molecule is N#C/C(=C\c1cccc([N+](=O)[O-])c1)c1c[nH]c2ccccc12.N#CCc1c[nH]c2ccccc12.O=Cc1cccc([N+](=O)[O-])c1. The summed E-state index contributed by atoms with van der Waals surface area (Å²) in [6, 6.07) is 31.8. The number of hydrogen-bond acceptors (Lipinski definition) is 7. The van der Waals surface area contributed by atoms with Crippen molar-refractivity contribution >= 4 is 51.1 Å². The van der Waals surface area contributed by atoms with E-state index in [2.05, 4.69) is 22.1 Å². The molecule has 0 unspecified atom stereocenters. The van der Waals surface area contributed by atoms with Crippen LogP contribution in [-0.4, -0.2) is 26.1 Å². The molecular weight excluding hydrogens is 572 g/mol. The highest BCUT2D eigenvalue weighted by molar-refractivity contribution is 6.01. The number of hydrogen-bond donors (Lipinski definition) is 2. The van der Waals surface area contributed by atoms with Gasteiger partial charge in [-0.3, -0.25) is 25.0 Å². The molecule has 0 radical (unpaired) electrons. The maximum absolute atomic E-state index is 10.8. The van der Waals surface area contributed by atoms with Crippen molar-refractivity contribution in [2.75, 3.05) is 0 Å². The minimum Gasteiger partial charge on any atom is -0.361 e. The number of nitrogens with one attached hydrogen (secondary N) is 2. The van der Waals surface area contributed by atoms with Gasteiger partial charge in [0.1, 0.15) is 6.29 Å². The van der Waals surface area contributed by atoms with Crippen molar-refractivity contribution in [3.8, 4) is 12.1 Å². The van der Waals surface area contributed by atoms with Crippen LogP contribution in [0.2, 0.25) is 0 Å². The van der Waals surface area contributed by atoms with Crippen molar-refractivity contribution in [3.63, 3.8) is 0 Å². The second-order valence-electron chi connectivity index (χ2n) is 9.43. The summed E-state index contributed by atoms with van der Waals surface area (Å²) in [6.45, 7) is 0. The molecular formula is C34H24N6O5. The number of fused-ring (bicyclic) bond motifs is 2. The van der Waals surface area contributed by atoms with E-state index in [9.17, 15) is 30.3 Å². The van der Waals surface area contributed by atoms with Crippen LogP contribution in [0.15, 0.2) is 109 Å². The Balaban J connectivity index is 0.000000169. The number of H-pyrrole nitrogens is 2. The number of benzene rings is 4. The summed E-state index contributed by atoms with van der Waals surface area (Å²) in [5.74, 6) is 0. The van der Waals surface area contributed by atoms with Crippen molar-refractivity contribution in [1.29, 1.82) is 10.5 Å². The Labute approximate surface area is 256 Å². The Morgan fingerprint density at radius 2 is 1.29 bits per heavy atom. The predicted octanol–water partition coefficient (Wildman–Crippen LogP) is 7.78. The Morgan fingerprint density at radius 3 is 1.89 bits per heavy atom. The summed E-state index contributed by atoms with van der Waals surface area (Å²) in [4.78, 5) is 36.4. The second kappa shape index (κ2) is 14.9. The van der Waals surface area contributed by atoms with E-state index < -0.39 is 9.85 Å². The number of allylic oxidation sites excluding steroid dienone is 1. The number of aromatic amines is 2. The van der Waals surface area contributed by atoms with Gasteiger partial charge in [-0.2, -0.15) is 10.5 Å². The first kappa shape index (κ1) is 31.1. The number of non-ortho nitro benzene ring substituents is 2. The van der Waals surface area contributed by atoms with Crippen molar-refractivity contribution in [2.24, 2.45) is 0 Å². The molecule has 0 amide bonds. The summed E-state index contributed by atoms with van der Waals surface area (Å²) in [6.07, 6.45) is 6.38. The number of nitriles is 2. The number of aromatic nitrogens is 2. The molecule has 4 aromatic carbocycles. The molecule has 45 heavy (non-hydrogen) atoms. The van der Waals surface area contributed by atoms with E-state index in [4.69, 9.17) is 5.26 Å². The van der Waals surface area contributed by atoms with Crippen molar-refractivity contribution in [3.05, 3.63) is 152 Å². The van der Waals surface area contributed by atoms with Gasteiger partial charge in [-0.1, -0.05) is 60.7 Å². The van der Waals surface area contributed by atoms with E-state index >= 15 is 0 Å². The Bertz CT molecular complexity index is 2110. The fraction of sp³-hybridized carbons (Fsp3) is 0.0294. The largest absolute Gasteiger partial charge is 0.361 e. The zero-order valence-electron chi connectivity index (χ0n) is 23.6. The van der Waals surface area contributed by atoms with E-state index in [0.29, 0.717) is 29.4 Å². The first-order valence-corrected chi connectivity index (χ1v) is 13.4. The Kier molecular flexibility index (Phi) is 10.3. The van der Waals surface area contributed by atoms with Crippen LogP contribution in [0.5, 0.6) is 0 Å². The van der Waals surface area contributed by atoms with Crippen LogP contribution >= 0.6 is 0 Å². The summed E-state index contributed by atoms with van der Waals surface area (Å²) in [5, 5.41) is 41.0. The number of nitrogens with zero attached hydrogens (tertiary/aromatic N) is 4. The van der Waals surface area contributed by atoms with Crippen molar-refractivity contribution < 1.29 is 14.6 Å². The Morgan fingerprint density at radius 1 is 0.733 bits per heavy atom. The number of para-hydroxylation sites is 2. The monoisotopic (exact) mass is 596 g/mol. The van der Waals surface area contributed by atoms with Crippen LogP contribution < -0.4 is 0 Å². The van der Waals surface area contributed by atoms with Crippen LogP contribution in [-0.2, 0) is 6.42 Å². The zero-order chi connectivity index (χ0) is 32.2. The molecule has 2 heterocycles. The summed E-state index contributed by atoms with van der Waals surface area (Å²) in [5.41, 5.74) is 5.24. The predicted molar refractivity (Wildman–Crippen MR) is 171 cm³/mol. The first-order valence-electron chi connectivity index (χ1n) is 13.4. The minimum absolute atomic E-state index is 0.00460. The average molecular weight is 597 g/mol. The number of nitro groups is 2. The molecule has 0 fully saturated rings. The zero-order valence-corrected chi connectivity index (χ0v) is 23.6. The number of nitro benzene ring substituents is 2. The smallest absolute Gasteiger partial charge is 0.270 e. The van der Waals surface area contributed by atoms with Crippen molar-refractivity contribution in [2.45, 2.75) is 6.42 Å². The van der Waals surface area contributed by atoms with Gasteiger partial charge in [0.25, 0.3) is 11.4 Å².